The van der Waals surface area contributed by atoms with Crippen molar-refractivity contribution in [2.75, 3.05) is 18.0 Å². The number of aryl methyl sites for hydroxylation is 1. The van der Waals surface area contributed by atoms with Crippen molar-refractivity contribution >= 4 is 11.7 Å². The number of anilines is 1. The van der Waals surface area contributed by atoms with E-state index in [2.05, 4.69) is 14.9 Å². The molecule has 1 aromatic carbocycles. The number of hydrogen-bond acceptors (Lipinski definition) is 4. The highest BCUT2D eigenvalue weighted by molar-refractivity contribution is 5.95. The molecule has 2 aromatic rings. The van der Waals surface area contributed by atoms with Crippen molar-refractivity contribution < 1.29 is 18.0 Å². The summed E-state index contributed by atoms with van der Waals surface area (Å²) in [4.78, 5) is 25.0. The first-order chi connectivity index (χ1) is 12.3. The number of piperidine rings is 1. The topological polar surface area (TPSA) is 49.3 Å². The SMILES string of the molecule is Cc1nccc(N2CC3CC(C2)N3C(=O)c2cccc(C(F)(F)F)c2)n1. The van der Waals surface area contributed by atoms with Gasteiger partial charge in [0.2, 0.25) is 0 Å². The molecule has 0 spiro atoms. The number of hydrogen-bond donors (Lipinski definition) is 0. The zero-order valence-corrected chi connectivity index (χ0v) is 14.1. The minimum absolute atomic E-state index is 0.00827. The van der Waals surface area contributed by atoms with E-state index in [0.29, 0.717) is 18.9 Å². The summed E-state index contributed by atoms with van der Waals surface area (Å²) < 4.78 is 38.7. The van der Waals surface area contributed by atoms with Gasteiger partial charge in [0.25, 0.3) is 5.91 Å². The highest BCUT2D eigenvalue weighted by Crippen LogP contribution is 2.36. The minimum atomic E-state index is -4.46. The summed E-state index contributed by atoms with van der Waals surface area (Å²) in [6.07, 6.45) is -1.89. The average molecular weight is 362 g/mol. The molecule has 8 heteroatoms. The van der Waals surface area contributed by atoms with E-state index < -0.39 is 11.7 Å². The molecule has 0 saturated carbocycles. The van der Waals surface area contributed by atoms with Crippen LogP contribution in [0.2, 0.25) is 0 Å². The van der Waals surface area contributed by atoms with Crippen LogP contribution in [0.4, 0.5) is 19.0 Å². The third kappa shape index (κ3) is 2.89. The van der Waals surface area contributed by atoms with Crippen molar-refractivity contribution in [3.8, 4) is 0 Å². The van der Waals surface area contributed by atoms with Crippen LogP contribution in [-0.4, -0.2) is 45.9 Å². The molecule has 2 unspecified atom stereocenters. The minimum Gasteiger partial charge on any atom is -0.352 e. The molecule has 136 valence electrons. The molecule has 26 heavy (non-hydrogen) atoms. The summed E-state index contributed by atoms with van der Waals surface area (Å²) in [5, 5.41) is 0. The molecule has 3 aliphatic rings. The third-order valence-electron chi connectivity index (χ3n) is 4.95. The number of carbonyl (C=O) groups excluding carboxylic acids is 1. The number of aromatic nitrogens is 2. The van der Waals surface area contributed by atoms with Gasteiger partial charge in [-0.3, -0.25) is 4.79 Å². The fourth-order valence-electron chi connectivity index (χ4n) is 3.73. The lowest BCUT2D eigenvalue weighted by atomic mass is 9.86. The van der Waals surface area contributed by atoms with Crippen molar-refractivity contribution in [1.29, 1.82) is 0 Å². The van der Waals surface area contributed by atoms with Gasteiger partial charge in [-0.2, -0.15) is 13.2 Å². The molecule has 4 heterocycles. The van der Waals surface area contributed by atoms with Crippen LogP contribution in [0.5, 0.6) is 0 Å². The number of rotatable bonds is 2. The molecule has 2 bridgehead atoms. The van der Waals surface area contributed by atoms with Crippen LogP contribution in [0, 0.1) is 6.92 Å². The first-order valence-electron chi connectivity index (χ1n) is 8.37. The standard InChI is InChI=1S/C18H17F3N4O/c1-11-22-6-5-16(23-11)24-9-14-8-15(10-24)25(14)17(26)12-3-2-4-13(7-12)18(19,20)21/h2-7,14-15H,8-10H2,1H3. The van der Waals surface area contributed by atoms with Gasteiger partial charge in [0, 0.05) is 24.8 Å². The van der Waals surface area contributed by atoms with Crippen molar-refractivity contribution in [3.05, 3.63) is 53.5 Å². The van der Waals surface area contributed by atoms with E-state index in [1.807, 2.05) is 13.0 Å². The van der Waals surface area contributed by atoms with Gasteiger partial charge in [-0.05, 0) is 37.6 Å². The monoisotopic (exact) mass is 362 g/mol. The van der Waals surface area contributed by atoms with E-state index in [0.717, 1.165) is 24.4 Å². The number of alkyl halides is 3. The maximum atomic E-state index is 12.9. The number of nitrogens with zero attached hydrogens (tertiary/aromatic N) is 4. The first-order valence-corrected chi connectivity index (χ1v) is 8.37. The van der Waals surface area contributed by atoms with Gasteiger partial charge in [0.1, 0.15) is 11.6 Å². The Balaban J connectivity index is 1.50. The summed E-state index contributed by atoms with van der Waals surface area (Å²) in [6, 6.07) is 6.45. The fraction of sp³-hybridized carbons (Fsp3) is 0.389. The van der Waals surface area contributed by atoms with Crippen molar-refractivity contribution in [2.24, 2.45) is 0 Å². The first kappa shape index (κ1) is 16.8. The molecule has 1 amide bonds. The molecule has 3 aliphatic heterocycles. The van der Waals surface area contributed by atoms with E-state index >= 15 is 0 Å². The van der Waals surface area contributed by atoms with Crippen molar-refractivity contribution in [2.45, 2.75) is 31.6 Å². The van der Waals surface area contributed by atoms with Crippen LogP contribution in [0.25, 0.3) is 0 Å². The lowest BCUT2D eigenvalue weighted by molar-refractivity contribution is -0.137. The lowest BCUT2D eigenvalue weighted by Gasteiger charge is -2.56. The molecular weight excluding hydrogens is 345 g/mol. The molecule has 1 aromatic heterocycles. The molecule has 5 rings (SSSR count). The number of piperazine rings is 1. The van der Waals surface area contributed by atoms with Crippen LogP contribution in [0.15, 0.2) is 36.5 Å². The summed E-state index contributed by atoms with van der Waals surface area (Å²) in [6.45, 7) is 3.06. The lowest BCUT2D eigenvalue weighted by Crippen LogP contribution is -2.70. The molecule has 0 N–H and O–H groups in total. The second kappa shape index (κ2) is 5.96. The van der Waals surface area contributed by atoms with E-state index in [4.69, 9.17) is 0 Å². The molecule has 2 atom stereocenters. The van der Waals surface area contributed by atoms with E-state index in [9.17, 15) is 18.0 Å². The quantitative estimate of drug-likeness (QED) is 0.824. The van der Waals surface area contributed by atoms with Gasteiger partial charge >= 0.3 is 6.18 Å². The van der Waals surface area contributed by atoms with Crippen LogP contribution in [0.3, 0.4) is 0 Å². The molecular formula is C18H17F3N4O. The molecule has 3 saturated heterocycles. The van der Waals surface area contributed by atoms with Gasteiger partial charge in [-0.1, -0.05) is 6.07 Å². The Labute approximate surface area is 148 Å². The highest BCUT2D eigenvalue weighted by Gasteiger charge is 2.47. The predicted molar refractivity (Wildman–Crippen MR) is 88.8 cm³/mol. The van der Waals surface area contributed by atoms with Gasteiger partial charge in [-0.15, -0.1) is 0 Å². The number of carbonyl (C=O) groups is 1. The summed E-state index contributed by atoms with van der Waals surface area (Å²) in [5.41, 5.74) is -0.715. The summed E-state index contributed by atoms with van der Waals surface area (Å²) in [7, 11) is 0. The van der Waals surface area contributed by atoms with E-state index in [-0.39, 0.29) is 23.6 Å². The predicted octanol–water partition coefficient (Wildman–Crippen LogP) is 2.91. The summed E-state index contributed by atoms with van der Waals surface area (Å²) >= 11 is 0. The summed E-state index contributed by atoms with van der Waals surface area (Å²) in [5.74, 6) is 1.16. The van der Waals surface area contributed by atoms with Crippen molar-refractivity contribution in [3.63, 3.8) is 0 Å². The Hall–Kier alpha value is -2.64. The van der Waals surface area contributed by atoms with Crippen LogP contribution < -0.4 is 4.90 Å². The fourth-order valence-corrected chi connectivity index (χ4v) is 3.73. The van der Waals surface area contributed by atoms with Gasteiger partial charge in [0.15, 0.2) is 0 Å². The van der Waals surface area contributed by atoms with E-state index in [1.54, 1.807) is 11.1 Å². The Bertz CT molecular complexity index is 842. The van der Waals surface area contributed by atoms with Gasteiger partial charge in [-0.25, -0.2) is 9.97 Å². The zero-order valence-electron chi connectivity index (χ0n) is 14.1. The van der Waals surface area contributed by atoms with Crippen molar-refractivity contribution in [1.82, 2.24) is 14.9 Å². The molecule has 5 nitrogen and oxygen atoms in total. The maximum Gasteiger partial charge on any atom is 0.416 e. The molecule has 3 fully saturated rings. The number of fused-ring (bicyclic) bond motifs is 2. The highest BCUT2D eigenvalue weighted by atomic mass is 19.4. The second-order valence-corrected chi connectivity index (χ2v) is 6.70. The zero-order chi connectivity index (χ0) is 18.5. The number of amides is 1. The van der Waals surface area contributed by atoms with Gasteiger partial charge < -0.3 is 9.80 Å². The van der Waals surface area contributed by atoms with E-state index in [1.165, 1.54) is 12.1 Å². The third-order valence-corrected chi connectivity index (χ3v) is 4.95. The Morgan fingerprint density at radius 3 is 2.58 bits per heavy atom. The Kier molecular flexibility index (Phi) is 3.86. The molecule has 0 radical (unpaired) electrons. The maximum absolute atomic E-state index is 12.9. The number of halogens is 3. The Morgan fingerprint density at radius 2 is 1.92 bits per heavy atom. The molecule has 0 aliphatic carbocycles. The second-order valence-electron chi connectivity index (χ2n) is 6.70. The normalized spacial score (nSPS) is 22.2. The van der Waals surface area contributed by atoms with Gasteiger partial charge in [0.05, 0.1) is 17.6 Å². The van der Waals surface area contributed by atoms with Crippen LogP contribution in [0.1, 0.15) is 28.2 Å². The largest absolute Gasteiger partial charge is 0.416 e. The Morgan fingerprint density at radius 1 is 1.19 bits per heavy atom. The number of benzene rings is 1. The van der Waals surface area contributed by atoms with Crippen LogP contribution >= 0.6 is 0 Å². The average Bonchev–Trinajstić information content (AvgIpc) is 2.61. The smallest absolute Gasteiger partial charge is 0.352 e. The van der Waals surface area contributed by atoms with Crippen LogP contribution in [-0.2, 0) is 6.18 Å².